The zero-order valence-corrected chi connectivity index (χ0v) is 14.4. The van der Waals surface area contributed by atoms with Gasteiger partial charge in [0.05, 0.1) is 22.9 Å². The number of nitriles is 1. The number of ether oxygens (including phenoxy) is 1. The summed E-state index contributed by atoms with van der Waals surface area (Å²) in [6, 6.07) is 15.0. The van der Waals surface area contributed by atoms with Gasteiger partial charge in [0, 0.05) is 5.69 Å². The fraction of sp³-hybridized carbons (Fsp3) is 0.105. The summed E-state index contributed by atoms with van der Waals surface area (Å²) in [5.41, 5.74) is 1.93. The molecule has 3 rings (SSSR count). The summed E-state index contributed by atoms with van der Waals surface area (Å²) in [6.45, 7) is 1.48. The van der Waals surface area contributed by atoms with Crippen LogP contribution in [0.3, 0.4) is 0 Å². The van der Waals surface area contributed by atoms with Crippen molar-refractivity contribution in [1.29, 1.82) is 5.26 Å². The van der Waals surface area contributed by atoms with E-state index in [-0.39, 0.29) is 0 Å². The van der Waals surface area contributed by atoms with Gasteiger partial charge in [-0.15, -0.1) is 0 Å². The highest BCUT2D eigenvalue weighted by Crippen LogP contribution is 2.13. The van der Waals surface area contributed by atoms with E-state index in [1.807, 2.05) is 6.07 Å². The number of carbonyl (C=O) groups excluding carboxylic acids is 2. The van der Waals surface area contributed by atoms with E-state index in [2.05, 4.69) is 15.4 Å². The molecule has 27 heavy (non-hydrogen) atoms. The SMILES string of the molecule is C[C@@H](OC(=O)c1ccc(-n2cncn2)cc1)C(=O)Nc1cccc(C#N)c1. The van der Waals surface area contributed by atoms with Gasteiger partial charge in [0.1, 0.15) is 12.7 Å². The van der Waals surface area contributed by atoms with Gasteiger partial charge in [-0.3, -0.25) is 4.79 Å². The fourth-order valence-electron chi connectivity index (χ4n) is 2.28. The molecular weight excluding hydrogens is 346 g/mol. The number of carbonyl (C=O) groups is 2. The lowest BCUT2D eigenvalue weighted by atomic mass is 10.2. The fourth-order valence-corrected chi connectivity index (χ4v) is 2.28. The lowest BCUT2D eigenvalue weighted by Crippen LogP contribution is -2.30. The van der Waals surface area contributed by atoms with Gasteiger partial charge >= 0.3 is 5.97 Å². The van der Waals surface area contributed by atoms with Crippen LogP contribution in [0.15, 0.2) is 61.2 Å². The van der Waals surface area contributed by atoms with Gasteiger partial charge < -0.3 is 10.1 Å². The van der Waals surface area contributed by atoms with Crippen LogP contribution in [0.4, 0.5) is 5.69 Å². The van der Waals surface area contributed by atoms with Crippen molar-refractivity contribution in [2.75, 3.05) is 5.32 Å². The number of hydrogen-bond acceptors (Lipinski definition) is 6. The van der Waals surface area contributed by atoms with Crippen LogP contribution in [0.5, 0.6) is 0 Å². The van der Waals surface area contributed by atoms with E-state index >= 15 is 0 Å². The highest BCUT2D eigenvalue weighted by atomic mass is 16.5. The number of anilines is 1. The first-order valence-electron chi connectivity index (χ1n) is 8.04. The van der Waals surface area contributed by atoms with E-state index in [4.69, 9.17) is 10.00 Å². The molecule has 0 saturated carbocycles. The molecule has 0 unspecified atom stereocenters. The predicted molar refractivity (Wildman–Crippen MR) is 96.0 cm³/mol. The van der Waals surface area contributed by atoms with Gasteiger partial charge in [0.15, 0.2) is 6.10 Å². The van der Waals surface area contributed by atoms with Crippen molar-refractivity contribution in [1.82, 2.24) is 14.8 Å². The lowest BCUT2D eigenvalue weighted by molar-refractivity contribution is -0.123. The minimum absolute atomic E-state index is 0.310. The lowest BCUT2D eigenvalue weighted by Gasteiger charge is -2.14. The maximum Gasteiger partial charge on any atom is 0.338 e. The molecule has 1 atom stereocenters. The summed E-state index contributed by atoms with van der Waals surface area (Å²) < 4.78 is 6.76. The Morgan fingerprint density at radius 3 is 2.67 bits per heavy atom. The van der Waals surface area contributed by atoms with Gasteiger partial charge in [-0.1, -0.05) is 6.07 Å². The molecule has 1 N–H and O–H groups in total. The predicted octanol–water partition coefficient (Wildman–Crippen LogP) is 2.32. The molecule has 0 aliphatic carbocycles. The van der Waals surface area contributed by atoms with Gasteiger partial charge in [0.2, 0.25) is 0 Å². The quantitative estimate of drug-likeness (QED) is 0.698. The van der Waals surface area contributed by atoms with E-state index in [0.29, 0.717) is 16.8 Å². The van der Waals surface area contributed by atoms with Gasteiger partial charge in [-0.05, 0) is 49.4 Å². The number of hydrogen-bond donors (Lipinski definition) is 1. The van der Waals surface area contributed by atoms with E-state index in [9.17, 15) is 9.59 Å². The molecule has 0 spiro atoms. The standard InChI is InChI=1S/C19H15N5O3/c1-13(18(25)23-16-4-2-3-14(9-16)10-20)27-19(26)15-5-7-17(8-6-15)24-12-21-11-22-24/h2-9,11-13H,1H3,(H,23,25)/t13-/m1/s1. The van der Waals surface area contributed by atoms with Crippen LogP contribution in [0.2, 0.25) is 0 Å². The first kappa shape index (κ1) is 17.8. The number of benzene rings is 2. The Bertz CT molecular complexity index is 991. The molecule has 134 valence electrons. The van der Waals surface area contributed by atoms with E-state index < -0.39 is 18.0 Å². The van der Waals surface area contributed by atoms with Crippen LogP contribution in [0.25, 0.3) is 5.69 Å². The van der Waals surface area contributed by atoms with Crippen molar-refractivity contribution in [2.45, 2.75) is 13.0 Å². The third-order valence-electron chi connectivity index (χ3n) is 3.70. The van der Waals surface area contributed by atoms with Crippen molar-refractivity contribution >= 4 is 17.6 Å². The smallest absolute Gasteiger partial charge is 0.338 e. The van der Waals surface area contributed by atoms with Crippen LogP contribution < -0.4 is 5.32 Å². The van der Waals surface area contributed by atoms with Crippen molar-refractivity contribution < 1.29 is 14.3 Å². The third-order valence-corrected chi connectivity index (χ3v) is 3.70. The molecule has 8 nitrogen and oxygen atoms in total. The first-order valence-corrected chi connectivity index (χ1v) is 8.04. The van der Waals surface area contributed by atoms with E-state index in [0.717, 1.165) is 5.69 Å². The maximum atomic E-state index is 12.2. The molecule has 0 saturated heterocycles. The number of aromatic nitrogens is 3. The molecule has 0 fully saturated rings. The summed E-state index contributed by atoms with van der Waals surface area (Å²) in [5.74, 6) is -1.11. The van der Waals surface area contributed by atoms with Gasteiger partial charge in [0.25, 0.3) is 5.91 Å². The van der Waals surface area contributed by atoms with Crippen molar-refractivity contribution in [3.63, 3.8) is 0 Å². The topological polar surface area (TPSA) is 110 Å². The molecule has 2 aromatic carbocycles. The first-order chi connectivity index (χ1) is 13.1. The molecule has 0 aliphatic rings. The second kappa shape index (κ2) is 7.93. The molecule has 1 heterocycles. The van der Waals surface area contributed by atoms with Crippen molar-refractivity contribution in [3.05, 3.63) is 72.3 Å². The van der Waals surface area contributed by atoms with E-state index in [1.54, 1.807) is 53.5 Å². The van der Waals surface area contributed by atoms with Crippen LogP contribution in [0.1, 0.15) is 22.8 Å². The Morgan fingerprint density at radius 1 is 1.22 bits per heavy atom. The van der Waals surface area contributed by atoms with Crippen LogP contribution >= 0.6 is 0 Å². The van der Waals surface area contributed by atoms with Crippen molar-refractivity contribution in [2.24, 2.45) is 0 Å². The Balaban J connectivity index is 1.61. The highest BCUT2D eigenvalue weighted by Gasteiger charge is 2.19. The summed E-state index contributed by atoms with van der Waals surface area (Å²) in [5, 5.41) is 15.5. The molecule has 1 amide bonds. The number of nitrogens with one attached hydrogen (secondary N) is 1. The number of esters is 1. The highest BCUT2D eigenvalue weighted by molar-refractivity contribution is 5.97. The van der Waals surface area contributed by atoms with Crippen LogP contribution in [0, 0.1) is 11.3 Å². The summed E-state index contributed by atoms with van der Waals surface area (Å²) in [7, 11) is 0. The number of nitrogens with zero attached hydrogens (tertiary/aromatic N) is 4. The Kier molecular flexibility index (Phi) is 5.23. The summed E-state index contributed by atoms with van der Waals surface area (Å²) in [4.78, 5) is 28.3. The molecule has 1 aromatic heterocycles. The zero-order valence-electron chi connectivity index (χ0n) is 14.4. The zero-order chi connectivity index (χ0) is 19.2. The Hall–Kier alpha value is -3.99. The number of rotatable bonds is 5. The average Bonchev–Trinajstić information content (AvgIpc) is 3.23. The van der Waals surface area contributed by atoms with Crippen LogP contribution in [-0.4, -0.2) is 32.7 Å². The largest absolute Gasteiger partial charge is 0.449 e. The molecule has 0 aliphatic heterocycles. The Morgan fingerprint density at radius 2 is 2.00 bits per heavy atom. The number of amides is 1. The van der Waals surface area contributed by atoms with E-state index in [1.165, 1.54) is 19.3 Å². The minimum atomic E-state index is -1.00. The summed E-state index contributed by atoms with van der Waals surface area (Å²) in [6.07, 6.45) is 1.95. The molecule has 3 aromatic rings. The normalized spacial score (nSPS) is 11.3. The second-order valence-corrected chi connectivity index (χ2v) is 5.62. The molecule has 0 bridgehead atoms. The monoisotopic (exact) mass is 361 g/mol. The van der Waals surface area contributed by atoms with Gasteiger partial charge in [-0.2, -0.15) is 10.4 Å². The molecule has 0 radical (unpaired) electrons. The third kappa shape index (κ3) is 4.35. The molecular formula is C19H15N5O3. The van der Waals surface area contributed by atoms with Crippen LogP contribution in [-0.2, 0) is 9.53 Å². The molecule has 8 heteroatoms. The van der Waals surface area contributed by atoms with Crippen molar-refractivity contribution in [3.8, 4) is 11.8 Å². The summed E-state index contributed by atoms with van der Waals surface area (Å²) >= 11 is 0. The minimum Gasteiger partial charge on any atom is -0.449 e. The second-order valence-electron chi connectivity index (χ2n) is 5.62. The average molecular weight is 361 g/mol. The maximum absolute atomic E-state index is 12.2. The van der Waals surface area contributed by atoms with Gasteiger partial charge in [-0.25, -0.2) is 14.5 Å². The Labute approximate surface area is 155 Å².